The van der Waals surface area contributed by atoms with E-state index in [-0.39, 0.29) is 11.9 Å². The highest BCUT2D eigenvalue weighted by molar-refractivity contribution is 5.76. The summed E-state index contributed by atoms with van der Waals surface area (Å²) < 4.78 is 1.83. The number of carbonyl (C=O) groups is 1. The summed E-state index contributed by atoms with van der Waals surface area (Å²) in [5.41, 5.74) is 6.92. The van der Waals surface area contributed by atoms with Crippen molar-refractivity contribution in [2.45, 2.75) is 45.7 Å². The first-order chi connectivity index (χ1) is 9.10. The lowest BCUT2D eigenvalue weighted by molar-refractivity contribution is -0.135. The number of aromatic nitrogens is 2. The molecule has 0 saturated carbocycles. The van der Waals surface area contributed by atoms with Crippen molar-refractivity contribution in [3.63, 3.8) is 0 Å². The van der Waals surface area contributed by atoms with Crippen molar-refractivity contribution in [1.29, 1.82) is 0 Å². The van der Waals surface area contributed by atoms with Gasteiger partial charge in [-0.05, 0) is 31.2 Å². The molecule has 19 heavy (non-hydrogen) atoms. The number of nitrogens with two attached hydrogens (primary N) is 1. The summed E-state index contributed by atoms with van der Waals surface area (Å²) in [4.78, 5) is 14.3. The number of hydrogen-bond acceptors (Lipinski definition) is 3. The highest BCUT2D eigenvalue weighted by Gasteiger charge is 2.28. The minimum Gasteiger partial charge on any atom is -0.338 e. The molecular formula is C14H24N4O. The molecule has 2 heterocycles. The Morgan fingerprint density at radius 3 is 3.00 bits per heavy atom. The van der Waals surface area contributed by atoms with Crippen LogP contribution in [0.1, 0.15) is 31.7 Å². The molecule has 1 aromatic rings. The van der Waals surface area contributed by atoms with Crippen LogP contribution in [0.25, 0.3) is 0 Å². The molecule has 5 heteroatoms. The number of carbonyl (C=O) groups excluding carboxylic acids is 1. The van der Waals surface area contributed by atoms with Crippen LogP contribution in [0, 0.1) is 12.8 Å². The Bertz CT molecular complexity index is 429. The van der Waals surface area contributed by atoms with Crippen LogP contribution in [-0.4, -0.2) is 39.7 Å². The van der Waals surface area contributed by atoms with Gasteiger partial charge in [0.1, 0.15) is 0 Å². The van der Waals surface area contributed by atoms with Gasteiger partial charge in [-0.3, -0.25) is 9.48 Å². The van der Waals surface area contributed by atoms with Gasteiger partial charge in [-0.1, -0.05) is 6.92 Å². The van der Waals surface area contributed by atoms with E-state index in [1.165, 1.54) is 0 Å². The Morgan fingerprint density at radius 1 is 1.58 bits per heavy atom. The molecule has 1 aliphatic rings. The summed E-state index contributed by atoms with van der Waals surface area (Å²) >= 11 is 0. The third kappa shape index (κ3) is 3.56. The molecule has 1 aromatic heterocycles. The lowest BCUT2D eigenvalue weighted by Gasteiger charge is -2.38. The van der Waals surface area contributed by atoms with Crippen LogP contribution in [-0.2, 0) is 11.3 Å². The Labute approximate surface area is 114 Å². The highest BCUT2D eigenvalue weighted by atomic mass is 16.2. The minimum atomic E-state index is 0.204. The summed E-state index contributed by atoms with van der Waals surface area (Å²) in [7, 11) is 0. The van der Waals surface area contributed by atoms with Gasteiger partial charge in [0.2, 0.25) is 5.91 Å². The van der Waals surface area contributed by atoms with E-state index in [1.54, 1.807) is 0 Å². The van der Waals surface area contributed by atoms with E-state index < -0.39 is 0 Å². The second-order valence-corrected chi connectivity index (χ2v) is 5.64. The van der Waals surface area contributed by atoms with E-state index in [4.69, 9.17) is 5.73 Å². The number of aryl methyl sites for hydroxylation is 2. The third-order valence-corrected chi connectivity index (χ3v) is 3.89. The number of piperidine rings is 1. The van der Waals surface area contributed by atoms with Crippen LogP contribution in [0.2, 0.25) is 0 Å². The molecule has 2 unspecified atom stereocenters. The zero-order valence-corrected chi connectivity index (χ0v) is 11.9. The fourth-order valence-corrected chi connectivity index (χ4v) is 2.75. The van der Waals surface area contributed by atoms with Crippen LogP contribution in [0.15, 0.2) is 12.4 Å². The molecule has 0 aromatic carbocycles. The van der Waals surface area contributed by atoms with E-state index in [0.717, 1.165) is 24.9 Å². The van der Waals surface area contributed by atoms with Crippen molar-refractivity contribution in [3.05, 3.63) is 18.0 Å². The minimum absolute atomic E-state index is 0.204. The average Bonchev–Trinajstić information content (AvgIpc) is 2.81. The molecule has 106 valence electrons. The molecule has 2 atom stereocenters. The zero-order valence-electron chi connectivity index (χ0n) is 11.9. The standard InChI is InChI=1S/C14H24N4O/c1-11-3-6-18(13(7-11)8-15)14(19)4-5-17-10-12(2)9-16-17/h9-11,13H,3-8,15H2,1-2H3. The maximum absolute atomic E-state index is 12.3. The Kier molecular flexibility index (Phi) is 4.58. The number of nitrogens with zero attached hydrogens (tertiary/aromatic N) is 3. The van der Waals surface area contributed by atoms with Gasteiger partial charge in [-0.15, -0.1) is 0 Å². The first-order valence-electron chi connectivity index (χ1n) is 7.08. The molecule has 1 saturated heterocycles. The quantitative estimate of drug-likeness (QED) is 0.887. The molecule has 5 nitrogen and oxygen atoms in total. The zero-order chi connectivity index (χ0) is 13.8. The summed E-state index contributed by atoms with van der Waals surface area (Å²) in [5.74, 6) is 0.877. The lowest BCUT2D eigenvalue weighted by Crippen LogP contribution is -2.49. The summed E-state index contributed by atoms with van der Waals surface area (Å²) in [6, 6.07) is 0.218. The first kappa shape index (κ1) is 14.1. The van der Waals surface area contributed by atoms with Crippen LogP contribution in [0.4, 0.5) is 0 Å². The van der Waals surface area contributed by atoms with E-state index in [1.807, 2.05) is 28.9 Å². The van der Waals surface area contributed by atoms with Gasteiger partial charge in [-0.2, -0.15) is 5.10 Å². The predicted molar refractivity (Wildman–Crippen MR) is 74.5 cm³/mol. The van der Waals surface area contributed by atoms with Gasteiger partial charge >= 0.3 is 0 Å². The molecular weight excluding hydrogens is 240 g/mol. The molecule has 0 aliphatic carbocycles. The Morgan fingerprint density at radius 2 is 2.37 bits per heavy atom. The second-order valence-electron chi connectivity index (χ2n) is 5.64. The molecule has 0 radical (unpaired) electrons. The molecule has 1 fully saturated rings. The van der Waals surface area contributed by atoms with Gasteiger partial charge in [0.15, 0.2) is 0 Å². The van der Waals surface area contributed by atoms with Crippen molar-refractivity contribution in [1.82, 2.24) is 14.7 Å². The molecule has 1 aliphatic heterocycles. The van der Waals surface area contributed by atoms with Crippen LogP contribution >= 0.6 is 0 Å². The van der Waals surface area contributed by atoms with Gasteiger partial charge in [0.25, 0.3) is 0 Å². The molecule has 0 spiro atoms. The van der Waals surface area contributed by atoms with E-state index >= 15 is 0 Å². The fraction of sp³-hybridized carbons (Fsp3) is 0.714. The number of amides is 1. The lowest BCUT2D eigenvalue weighted by atomic mass is 9.92. The van der Waals surface area contributed by atoms with Gasteiger partial charge in [0, 0.05) is 38.3 Å². The van der Waals surface area contributed by atoms with Crippen LogP contribution < -0.4 is 5.73 Å². The van der Waals surface area contributed by atoms with E-state index in [9.17, 15) is 4.79 Å². The third-order valence-electron chi connectivity index (χ3n) is 3.89. The van der Waals surface area contributed by atoms with Crippen molar-refractivity contribution in [2.75, 3.05) is 13.1 Å². The second kappa shape index (κ2) is 6.19. The van der Waals surface area contributed by atoms with E-state index in [0.29, 0.717) is 25.4 Å². The highest BCUT2D eigenvalue weighted by Crippen LogP contribution is 2.22. The van der Waals surface area contributed by atoms with Crippen LogP contribution in [0.3, 0.4) is 0 Å². The number of likely N-dealkylation sites (tertiary alicyclic amines) is 1. The van der Waals surface area contributed by atoms with Gasteiger partial charge < -0.3 is 10.6 Å². The fourth-order valence-electron chi connectivity index (χ4n) is 2.75. The van der Waals surface area contributed by atoms with Crippen LogP contribution in [0.5, 0.6) is 0 Å². The Balaban J connectivity index is 1.88. The molecule has 2 rings (SSSR count). The van der Waals surface area contributed by atoms with Crippen molar-refractivity contribution >= 4 is 5.91 Å². The first-order valence-corrected chi connectivity index (χ1v) is 7.08. The Hall–Kier alpha value is -1.36. The maximum Gasteiger partial charge on any atom is 0.224 e. The molecule has 0 bridgehead atoms. The summed E-state index contributed by atoms with van der Waals surface area (Å²) in [6.45, 7) is 6.30. The van der Waals surface area contributed by atoms with Crippen molar-refractivity contribution in [3.8, 4) is 0 Å². The molecule has 1 amide bonds. The SMILES string of the molecule is Cc1cnn(CCC(=O)N2CCC(C)CC2CN)c1. The summed E-state index contributed by atoms with van der Waals surface area (Å²) in [6.07, 6.45) is 6.40. The molecule has 2 N–H and O–H groups in total. The van der Waals surface area contributed by atoms with Gasteiger partial charge in [0.05, 0.1) is 6.20 Å². The normalized spacial score (nSPS) is 23.6. The maximum atomic E-state index is 12.3. The van der Waals surface area contributed by atoms with E-state index in [2.05, 4.69) is 12.0 Å². The van der Waals surface area contributed by atoms with Gasteiger partial charge in [-0.25, -0.2) is 0 Å². The number of rotatable bonds is 4. The van der Waals surface area contributed by atoms with Crippen molar-refractivity contribution < 1.29 is 4.79 Å². The summed E-state index contributed by atoms with van der Waals surface area (Å²) in [5, 5.41) is 4.21. The number of hydrogen-bond donors (Lipinski definition) is 1. The topological polar surface area (TPSA) is 64.2 Å². The van der Waals surface area contributed by atoms with Crippen molar-refractivity contribution in [2.24, 2.45) is 11.7 Å². The average molecular weight is 264 g/mol. The monoisotopic (exact) mass is 264 g/mol. The largest absolute Gasteiger partial charge is 0.338 e. The smallest absolute Gasteiger partial charge is 0.224 e. The predicted octanol–water partition coefficient (Wildman–Crippen LogP) is 1.17.